The van der Waals surface area contributed by atoms with Crippen LogP contribution in [0.2, 0.25) is 0 Å². The molecule has 69 heavy (non-hydrogen) atoms. The van der Waals surface area contributed by atoms with E-state index in [1.807, 2.05) is 0 Å². The first kappa shape index (κ1) is 69.3. The van der Waals surface area contributed by atoms with Gasteiger partial charge in [-0.3, -0.25) is 25.0 Å². The Kier molecular flexibility index (Phi) is 39.8. The second kappa shape index (κ2) is 39.7. The molecule has 0 aromatic rings. The Labute approximate surface area is 430 Å². The van der Waals surface area contributed by atoms with Gasteiger partial charge in [-0.1, -0.05) is 96.9 Å². The summed E-state index contributed by atoms with van der Waals surface area (Å²) < 4.78 is 25.2. The summed E-state index contributed by atoms with van der Waals surface area (Å²) in [6.45, 7) is 58.6. The highest BCUT2D eigenvalue weighted by atomic mass is 16.5. The number of nitrogens with zero attached hydrogens (tertiary/aromatic N) is 5. The largest absolute Gasteiger partial charge is 0.380 e. The van der Waals surface area contributed by atoms with Gasteiger partial charge in [0.1, 0.15) is 0 Å². The predicted octanol–water partition coefficient (Wildman–Crippen LogP) is 16.0. The zero-order chi connectivity index (χ0) is 53.3. The first-order valence-electron chi connectivity index (χ1n) is 28.0. The summed E-state index contributed by atoms with van der Waals surface area (Å²) in [6, 6.07) is 1.41. The highest BCUT2D eigenvalue weighted by molar-refractivity contribution is 5.83. The molecule has 0 aliphatic rings. The van der Waals surface area contributed by atoms with Gasteiger partial charge >= 0.3 is 0 Å². The standard InChI is InChI=1S/C42H83N3O3.C18H36N2O/c1-17-42(27-46-24-33(8)21-39(14)43-36(11)18-30(2)3,28-47-25-34(9)22-40(15)44-37(12)19-31(4)5)29-48-26-35(10)23-41(16)45-38(13)20-32(6)7;1-13(2)9-15(5)19-17(7)11-21-12-18(8)20-16(6)10-14(3)4/h30-35,39-41H,17-29H2,1-16H3;13-14,17-18H,9-12H2,1-8H3. The van der Waals surface area contributed by atoms with Crippen molar-refractivity contribution >= 4 is 28.6 Å². The lowest BCUT2D eigenvalue weighted by Gasteiger charge is -2.33. The molecule has 9 heteroatoms. The summed E-state index contributed by atoms with van der Waals surface area (Å²) in [4.78, 5) is 24.2. The Morgan fingerprint density at radius 3 is 0.739 bits per heavy atom. The van der Waals surface area contributed by atoms with E-state index >= 15 is 0 Å². The van der Waals surface area contributed by atoms with E-state index in [1.165, 1.54) is 28.6 Å². The van der Waals surface area contributed by atoms with E-state index in [-0.39, 0.29) is 17.5 Å². The normalized spacial score (nSPS) is 18.1. The predicted molar refractivity (Wildman–Crippen MR) is 307 cm³/mol. The van der Waals surface area contributed by atoms with Crippen molar-refractivity contribution in [1.82, 2.24) is 0 Å². The fourth-order valence-electron chi connectivity index (χ4n) is 9.55. The molecule has 0 spiro atoms. The second-order valence-corrected chi connectivity index (χ2v) is 24.5. The molecule has 8 atom stereocenters. The minimum Gasteiger partial charge on any atom is -0.380 e. The van der Waals surface area contributed by atoms with Gasteiger partial charge in [-0.15, -0.1) is 0 Å². The molecule has 0 aliphatic heterocycles. The molecule has 0 aromatic heterocycles. The van der Waals surface area contributed by atoms with E-state index in [1.54, 1.807) is 0 Å². The third-order valence-electron chi connectivity index (χ3n) is 11.9. The van der Waals surface area contributed by atoms with E-state index in [0.29, 0.717) is 98.5 Å². The summed E-state index contributed by atoms with van der Waals surface area (Å²) >= 11 is 0. The lowest BCUT2D eigenvalue weighted by molar-refractivity contribution is -0.0840. The van der Waals surface area contributed by atoms with Gasteiger partial charge in [0.05, 0.1) is 45.1 Å². The van der Waals surface area contributed by atoms with Crippen LogP contribution < -0.4 is 0 Å². The first-order chi connectivity index (χ1) is 32.1. The fourth-order valence-corrected chi connectivity index (χ4v) is 9.55. The number of hydrogen-bond donors (Lipinski definition) is 0. The molecule has 0 radical (unpaired) electrons. The van der Waals surface area contributed by atoms with Crippen LogP contribution in [0.1, 0.15) is 224 Å². The summed E-state index contributed by atoms with van der Waals surface area (Å²) in [7, 11) is 0. The molecule has 0 amide bonds. The van der Waals surface area contributed by atoms with Gasteiger partial charge in [0.25, 0.3) is 0 Å². The molecule has 0 N–H and O–H groups in total. The van der Waals surface area contributed by atoms with E-state index in [4.69, 9.17) is 33.9 Å². The van der Waals surface area contributed by atoms with Crippen LogP contribution in [0.15, 0.2) is 25.0 Å². The molecule has 0 aromatic carbocycles. The molecule has 0 saturated heterocycles. The van der Waals surface area contributed by atoms with Gasteiger partial charge in [0.15, 0.2) is 0 Å². The minimum absolute atomic E-state index is 0.175. The van der Waals surface area contributed by atoms with E-state index in [0.717, 1.165) is 77.6 Å². The SMILES string of the molecule is CC(CC(C)C)=NC(C)COCC(C)N=C(C)CC(C)C.CCC(COCC(C)CC(C)N=C(C)CC(C)C)(COCC(C)CC(C)N=C(C)CC(C)C)COCC(C)CC(C)N=C(C)CC(C)C. The zero-order valence-electron chi connectivity index (χ0n) is 50.4. The van der Waals surface area contributed by atoms with Gasteiger partial charge in [0, 0.05) is 71.9 Å². The van der Waals surface area contributed by atoms with Gasteiger partial charge in [-0.25, -0.2) is 0 Å². The summed E-state index contributed by atoms with van der Waals surface area (Å²) in [5, 5.41) is 0. The first-order valence-corrected chi connectivity index (χ1v) is 28.0. The Morgan fingerprint density at radius 1 is 0.319 bits per heavy atom. The van der Waals surface area contributed by atoms with Crippen LogP contribution in [0.25, 0.3) is 0 Å². The van der Waals surface area contributed by atoms with Crippen LogP contribution in [0.5, 0.6) is 0 Å². The average Bonchev–Trinajstić information content (AvgIpc) is 3.15. The topological polar surface area (TPSA) is 98.7 Å². The number of aliphatic imine (C=N–C) groups is 5. The van der Waals surface area contributed by atoms with Crippen molar-refractivity contribution < 1.29 is 18.9 Å². The molecule has 0 heterocycles. The van der Waals surface area contributed by atoms with Crippen molar-refractivity contribution in [2.45, 2.75) is 254 Å². The van der Waals surface area contributed by atoms with E-state index < -0.39 is 0 Å². The monoisotopic (exact) mass is 974 g/mol. The summed E-state index contributed by atoms with van der Waals surface area (Å²) in [5.41, 5.74) is 6.04. The average molecular weight is 975 g/mol. The quantitative estimate of drug-likeness (QED) is 0.0576. The molecule has 408 valence electrons. The lowest BCUT2D eigenvalue weighted by Crippen LogP contribution is -2.38. The molecule has 0 aliphatic carbocycles. The smallest absolute Gasteiger partial charge is 0.0704 e. The number of ether oxygens (including phenoxy) is 4. The fraction of sp³-hybridized carbons (Fsp3) is 0.917. The lowest BCUT2D eigenvalue weighted by atomic mass is 9.87. The Bertz CT molecular complexity index is 1290. The molecule has 8 unspecified atom stereocenters. The summed E-state index contributed by atoms with van der Waals surface area (Å²) in [6.07, 6.45) is 9.39. The maximum Gasteiger partial charge on any atom is 0.0704 e. The van der Waals surface area contributed by atoms with E-state index in [9.17, 15) is 0 Å². The molecular weight excluding hydrogens is 855 g/mol. The van der Waals surface area contributed by atoms with Crippen LogP contribution in [0, 0.1) is 52.8 Å². The van der Waals surface area contributed by atoms with Crippen molar-refractivity contribution in [2.75, 3.05) is 52.9 Å². The second-order valence-electron chi connectivity index (χ2n) is 24.5. The van der Waals surface area contributed by atoms with Crippen molar-refractivity contribution in [1.29, 1.82) is 0 Å². The Hall–Kier alpha value is -1.81. The van der Waals surface area contributed by atoms with Gasteiger partial charge in [-0.05, 0) is 174 Å². The number of hydrogen-bond acceptors (Lipinski definition) is 9. The van der Waals surface area contributed by atoms with Gasteiger partial charge < -0.3 is 18.9 Å². The van der Waals surface area contributed by atoms with Crippen LogP contribution >= 0.6 is 0 Å². The van der Waals surface area contributed by atoms with Crippen molar-refractivity contribution in [3.05, 3.63) is 0 Å². The van der Waals surface area contributed by atoms with Crippen LogP contribution in [-0.4, -0.2) is 112 Å². The zero-order valence-corrected chi connectivity index (χ0v) is 50.4. The van der Waals surface area contributed by atoms with Crippen molar-refractivity contribution in [3.8, 4) is 0 Å². The molecule has 0 bridgehead atoms. The van der Waals surface area contributed by atoms with Gasteiger partial charge in [-0.2, -0.15) is 0 Å². The molecule has 9 nitrogen and oxygen atoms in total. The molecular formula is C60H119N5O4. The van der Waals surface area contributed by atoms with E-state index in [2.05, 4.69) is 176 Å². The van der Waals surface area contributed by atoms with Crippen molar-refractivity contribution in [2.24, 2.45) is 77.7 Å². The maximum atomic E-state index is 6.47. The van der Waals surface area contributed by atoms with Crippen LogP contribution in [0.3, 0.4) is 0 Å². The highest BCUT2D eigenvalue weighted by Crippen LogP contribution is 2.27. The molecule has 0 saturated carbocycles. The van der Waals surface area contributed by atoms with Gasteiger partial charge in [0.2, 0.25) is 0 Å². The Balaban J connectivity index is 0. The maximum absolute atomic E-state index is 6.47. The summed E-state index contributed by atoms with van der Waals surface area (Å²) in [5.74, 6) is 4.58. The third-order valence-corrected chi connectivity index (χ3v) is 11.9. The number of rotatable bonds is 38. The molecule has 0 fully saturated rings. The molecule has 0 rings (SSSR count). The van der Waals surface area contributed by atoms with Crippen molar-refractivity contribution in [3.63, 3.8) is 0 Å². The highest BCUT2D eigenvalue weighted by Gasteiger charge is 2.31. The van der Waals surface area contributed by atoms with Crippen LogP contribution in [0.4, 0.5) is 0 Å². The third kappa shape index (κ3) is 42.4. The Morgan fingerprint density at radius 2 is 0.536 bits per heavy atom. The minimum atomic E-state index is -0.175. The van der Waals surface area contributed by atoms with Crippen LogP contribution in [-0.2, 0) is 18.9 Å².